The van der Waals surface area contributed by atoms with Gasteiger partial charge in [-0.15, -0.1) is 0 Å². The van der Waals surface area contributed by atoms with Gasteiger partial charge in [0.25, 0.3) is 0 Å². The van der Waals surface area contributed by atoms with Gasteiger partial charge in [-0.2, -0.15) is 18.4 Å². The van der Waals surface area contributed by atoms with E-state index in [1.54, 1.807) is 30.3 Å². The summed E-state index contributed by atoms with van der Waals surface area (Å²) in [7, 11) is 0. The minimum atomic E-state index is -5.08. The Hall–Kier alpha value is -2.87. The number of hydrogen-bond acceptors (Lipinski definition) is 4. The minimum Gasteiger partial charge on any atom is -0.480 e. The Kier molecular flexibility index (Phi) is 8.67. The maximum Gasteiger partial charge on any atom is 0.490 e. The van der Waals surface area contributed by atoms with E-state index in [0.717, 1.165) is 0 Å². The molecule has 1 aliphatic rings. The summed E-state index contributed by atoms with van der Waals surface area (Å²) in [6, 6.07) is 11.8. The van der Waals surface area contributed by atoms with E-state index < -0.39 is 52.8 Å². The van der Waals surface area contributed by atoms with Gasteiger partial charge >= 0.3 is 18.1 Å². The van der Waals surface area contributed by atoms with E-state index in [4.69, 9.17) is 33.1 Å². The molecule has 6 nitrogen and oxygen atoms in total. The molecule has 0 aliphatic carbocycles. The van der Waals surface area contributed by atoms with Crippen molar-refractivity contribution in [1.82, 2.24) is 5.32 Å². The molecule has 0 saturated carbocycles. The lowest BCUT2D eigenvalue weighted by atomic mass is 9.60. The number of carboxylic acids is 2. The fraction of sp³-hybridized carbons (Fsp3) is 0.375. The smallest absolute Gasteiger partial charge is 0.480 e. The molecular formula is C24H22Cl2F4N2O4. The number of carbonyl (C=O) groups is 2. The van der Waals surface area contributed by atoms with Crippen LogP contribution in [0.3, 0.4) is 0 Å². The lowest BCUT2D eigenvalue weighted by Crippen LogP contribution is -2.50. The second-order valence-electron chi connectivity index (χ2n) is 9.19. The van der Waals surface area contributed by atoms with E-state index in [-0.39, 0.29) is 10.6 Å². The van der Waals surface area contributed by atoms with Crippen LogP contribution in [0.4, 0.5) is 17.6 Å². The molecule has 2 aromatic carbocycles. The van der Waals surface area contributed by atoms with Crippen molar-refractivity contribution in [2.45, 2.75) is 50.4 Å². The number of benzene rings is 2. The second kappa shape index (κ2) is 10.6. The highest BCUT2D eigenvalue weighted by molar-refractivity contribution is 6.31. The number of carboxylic acid groups (broad SMARTS) is 2. The summed E-state index contributed by atoms with van der Waals surface area (Å²) in [5, 5.41) is 31.1. The summed E-state index contributed by atoms with van der Waals surface area (Å²) in [5.41, 5.74) is -1.20. The second-order valence-corrected chi connectivity index (χ2v) is 10.0. The number of nitrogens with one attached hydrogen (secondary N) is 1. The van der Waals surface area contributed by atoms with Crippen LogP contribution in [0.1, 0.15) is 37.8 Å². The van der Waals surface area contributed by atoms with Crippen molar-refractivity contribution in [3.05, 3.63) is 69.5 Å². The normalized spacial score (nSPS) is 23.8. The average Bonchev–Trinajstić information content (AvgIpc) is 3.13. The van der Waals surface area contributed by atoms with Crippen molar-refractivity contribution in [2.24, 2.45) is 5.41 Å². The molecule has 1 unspecified atom stereocenters. The Morgan fingerprint density at radius 1 is 1.06 bits per heavy atom. The first-order valence-corrected chi connectivity index (χ1v) is 11.1. The molecule has 0 amide bonds. The van der Waals surface area contributed by atoms with Crippen LogP contribution < -0.4 is 5.32 Å². The molecule has 0 aromatic heterocycles. The van der Waals surface area contributed by atoms with Crippen LogP contribution in [0, 0.1) is 22.6 Å². The molecule has 1 heterocycles. The van der Waals surface area contributed by atoms with Crippen molar-refractivity contribution < 1.29 is 37.4 Å². The average molecular weight is 549 g/mol. The monoisotopic (exact) mass is 548 g/mol. The Morgan fingerprint density at radius 2 is 1.58 bits per heavy atom. The van der Waals surface area contributed by atoms with E-state index >= 15 is 4.39 Å². The maximum atomic E-state index is 15.1. The highest BCUT2D eigenvalue weighted by atomic mass is 35.5. The molecule has 1 saturated heterocycles. The van der Waals surface area contributed by atoms with Crippen LogP contribution in [0.25, 0.3) is 0 Å². The largest absolute Gasteiger partial charge is 0.490 e. The van der Waals surface area contributed by atoms with Crippen LogP contribution in [0.5, 0.6) is 0 Å². The van der Waals surface area contributed by atoms with Crippen LogP contribution in [0.2, 0.25) is 10.0 Å². The van der Waals surface area contributed by atoms with Crippen LogP contribution in [-0.2, 0) is 15.0 Å². The molecule has 0 radical (unpaired) electrons. The highest BCUT2D eigenvalue weighted by Crippen LogP contribution is 2.53. The van der Waals surface area contributed by atoms with Gasteiger partial charge < -0.3 is 10.2 Å². The van der Waals surface area contributed by atoms with Crippen LogP contribution in [0.15, 0.2) is 42.5 Å². The SMILES string of the molecule is CC(C)(C)[C@@H]1N[C@@H](C(=O)O)C(c2cccc(Cl)c2F)[C@@]1(C#N)c1ccc(Cl)cc1.O=C(O)C(F)(F)F. The summed E-state index contributed by atoms with van der Waals surface area (Å²) in [5.74, 6) is -5.63. The molecule has 3 rings (SSSR count). The first-order valence-electron chi connectivity index (χ1n) is 10.4. The summed E-state index contributed by atoms with van der Waals surface area (Å²) in [6.45, 7) is 5.76. The van der Waals surface area contributed by atoms with Gasteiger partial charge in [-0.25, -0.2) is 9.18 Å². The van der Waals surface area contributed by atoms with Crippen molar-refractivity contribution in [3.63, 3.8) is 0 Å². The number of halogens is 6. The standard InChI is InChI=1S/C22H21Cl2FN2O2.C2HF3O2/c1-21(2,3)20-22(11-26,12-7-9-13(23)10-8-12)16(18(27-20)19(28)29)14-5-4-6-15(24)17(14)25;3-2(4,5)1(6)7/h4-10,16,18,20,27H,1-3H3,(H,28,29);(H,6,7)/t16?,18-,20+,22-;/m1./s1. The number of alkyl halides is 3. The third-order valence-corrected chi connectivity index (χ3v) is 6.37. The molecule has 36 heavy (non-hydrogen) atoms. The number of aliphatic carboxylic acids is 2. The summed E-state index contributed by atoms with van der Waals surface area (Å²) in [4.78, 5) is 21.1. The first-order chi connectivity index (χ1) is 16.5. The predicted molar refractivity (Wildman–Crippen MR) is 124 cm³/mol. The number of nitrogens with zero attached hydrogens (tertiary/aromatic N) is 1. The molecule has 194 valence electrons. The molecule has 0 bridgehead atoms. The van der Waals surface area contributed by atoms with Gasteiger partial charge in [-0.3, -0.25) is 10.1 Å². The predicted octanol–water partition coefficient (Wildman–Crippen LogP) is 5.78. The van der Waals surface area contributed by atoms with Gasteiger partial charge in [0.15, 0.2) is 0 Å². The van der Waals surface area contributed by atoms with Gasteiger partial charge in [0.2, 0.25) is 0 Å². The van der Waals surface area contributed by atoms with Gasteiger partial charge in [-0.1, -0.05) is 68.2 Å². The van der Waals surface area contributed by atoms with Crippen LogP contribution in [-0.4, -0.2) is 40.4 Å². The summed E-state index contributed by atoms with van der Waals surface area (Å²) in [6.07, 6.45) is -5.08. The number of hydrogen-bond donors (Lipinski definition) is 3. The highest BCUT2D eigenvalue weighted by Gasteiger charge is 2.62. The van der Waals surface area contributed by atoms with Crippen molar-refractivity contribution >= 4 is 35.1 Å². The number of rotatable bonds is 3. The van der Waals surface area contributed by atoms with Gasteiger partial charge in [0.1, 0.15) is 17.3 Å². The molecule has 1 aliphatic heterocycles. The van der Waals surface area contributed by atoms with E-state index in [1.165, 1.54) is 12.1 Å². The summed E-state index contributed by atoms with van der Waals surface area (Å²) < 4.78 is 46.8. The Bertz CT molecular complexity index is 1180. The molecule has 12 heteroatoms. The quantitative estimate of drug-likeness (QED) is 0.419. The van der Waals surface area contributed by atoms with Crippen molar-refractivity contribution in [3.8, 4) is 6.07 Å². The molecular weight excluding hydrogens is 527 g/mol. The fourth-order valence-corrected chi connectivity index (χ4v) is 4.76. The maximum absolute atomic E-state index is 15.1. The summed E-state index contributed by atoms with van der Waals surface area (Å²) >= 11 is 12.0. The van der Waals surface area contributed by atoms with Gasteiger partial charge in [-0.05, 0) is 34.7 Å². The topological polar surface area (TPSA) is 110 Å². The number of nitriles is 1. The molecule has 0 spiro atoms. The van der Waals surface area contributed by atoms with E-state index in [2.05, 4.69) is 11.4 Å². The Labute approximate surface area is 214 Å². The fourth-order valence-electron chi connectivity index (χ4n) is 4.45. The third-order valence-electron chi connectivity index (χ3n) is 5.82. The zero-order valence-corrected chi connectivity index (χ0v) is 20.7. The Balaban J connectivity index is 0.000000572. The van der Waals surface area contributed by atoms with Gasteiger partial charge in [0.05, 0.1) is 11.1 Å². The first kappa shape index (κ1) is 29.4. The lowest BCUT2D eigenvalue weighted by molar-refractivity contribution is -0.192. The van der Waals surface area contributed by atoms with Crippen LogP contribution >= 0.6 is 23.2 Å². The van der Waals surface area contributed by atoms with E-state index in [9.17, 15) is 28.3 Å². The third kappa shape index (κ3) is 5.75. The zero-order chi connectivity index (χ0) is 27.6. The van der Waals surface area contributed by atoms with Crippen molar-refractivity contribution in [2.75, 3.05) is 0 Å². The Morgan fingerprint density at radius 3 is 2.00 bits per heavy atom. The molecule has 1 fully saturated rings. The van der Waals surface area contributed by atoms with E-state index in [1.807, 2.05) is 20.8 Å². The minimum absolute atomic E-state index is 0.0978. The zero-order valence-electron chi connectivity index (χ0n) is 19.2. The van der Waals surface area contributed by atoms with E-state index in [0.29, 0.717) is 10.6 Å². The molecule has 3 N–H and O–H groups in total. The van der Waals surface area contributed by atoms with Crippen molar-refractivity contribution in [1.29, 1.82) is 5.26 Å². The lowest BCUT2D eigenvalue weighted by Gasteiger charge is -2.40. The van der Waals surface area contributed by atoms with Gasteiger partial charge in [0, 0.05) is 17.0 Å². The molecule has 2 aromatic rings. The molecule has 4 atom stereocenters.